The molecule has 2 heterocycles. The van der Waals surface area contributed by atoms with Crippen LogP contribution in [0.25, 0.3) is 11.0 Å². The van der Waals surface area contributed by atoms with E-state index >= 15 is 0 Å². The number of nitrogens with zero attached hydrogens (tertiary/aromatic N) is 3. The van der Waals surface area contributed by atoms with Gasteiger partial charge in [-0.15, -0.1) is 0 Å². The molecule has 2 aromatic heterocycles. The van der Waals surface area contributed by atoms with Crippen LogP contribution in [0.5, 0.6) is 0 Å². The van der Waals surface area contributed by atoms with Crippen LogP contribution in [0, 0.1) is 0 Å². The lowest BCUT2D eigenvalue weighted by Gasteiger charge is -2.04. The molecule has 0 spiro atoms. The number of anilines is 1. The molecule has 2 aromatic rings. The first-order valence-corrected chi connectivity index (χ1v) is 6.18. The Labute approximate surface area is 96.0 Å². The highest BCUT2D eigenvalue weighted by molar-refractivity contribution is 7.98. The normalized spacial score (nSPS) is 10.8. The zero-order chi connectivity index (χ0) is 10.7. The summed E-state index contributed by atoms with van der Waals surface area (Å²) in [5, 5.41) is 10.9. The van der Waals surface area contributed by atoms with Crippen LogP contribution in [0.3, 0.4) is 0 Å². The minimum absolute atomic E-state index is 0.221. The second-order valence-corrected chi connectivity index (χ2v) is 4.22. The number of rotatable bonds is 4. The summed E-state index contributed by atoms with van der Waals surface area (Å²) in [4.78, 5) is 8.13. The molecule has 0 amide bonds. The van der Waals surface area contributed by atoms with E-state index in [0.29, 0.717) is 5.65 Å². The fraction of sp³-hybridized carbons (Fsp3) is 0.375. The SMILES string of the molecule is CSCCNc1nc(Cl)nc2[nH]ncc12. The van der Waals surface area contributed by atoms with Crippen molar-refractivity contribution in [2.45, 2.75) is 0 Å². The van der Waals surface area contributed by atoms with Gasteiger partial charge in [-0.25, -0.2) is 0 Å². The molecule has 0 aliphatic rings. The number of nitrogens with one attached hydrogen (secondary N) is 2. The van der Waals surface area contributed by atoms with E-state index in [1.807, 2.05) is 0 Å². The molecule has 0 unspecified atom stereocenters. The molecule has 2 N–H and O–H groups in total. The summed E-state index contributed by atoms with van der Waals surface area (Å²) in [7, 11) is 0. The molecule has 0 aliphatic heterocycles. The van der Waals surface area contributed by atoms with Crippen molar-refractivity contribution in [3.8, 4) is 0 Å². The van der Waals surface area contributed by atoms with Crippen LogP contribution in [0.15, 0.2) is 6.20 Å². The van der Waals surface area contributed by atoms with Crippen LogP contribution in [0.4, 0.5) is 5.82 Å². The van der Waals surface area contributed by atoms with Crippen LogP contribution < -0.4 is 5.32 Å². The minimum atomic E-state index is 0.221. The van der Waals surface area contributed by atoms with Gasteiger partial charge in [0.15, 0.2) is 5.65 Å². The molecule has 0 radical (unpaired) electrons. The van der Waals surface area contributed by atoms with Gasteiger partial charge in [-0.1, -0.05) is 0 Å². The summed E-state index contributed by atoms with van der Waals surface area (Å²) >= 11 is 7.55. The number of H-pyrrole nitrogens is 1. The fourth-order valence-electron chi connectivity index (χ4n) is 1.21. The van der Waals surface area contributed by atoms with Crippen molar-refractivity contribution in [2.75, 3.05) is 23.9 Å². The second-order valence-electron chi connectivity index (χ2n) is 2.89. The van der Waals surface area contributed by atoms with E-state index < -0.39 is 0 Å². The molecule has 0 fully saturated rings. The topological polar surface area (TPSA) is 66.5 Å². The number of aromatic amines is 1. The zero-order valence-electron chi connectivity index (χ0n) is 8.12. The molecule has 15 heavy (non-hydrogen) atoms. The van der Waals surface area contributed by atoms with Crippen molar-refractivity contribution in [2.24, 2.45) is 0 Å². The van der Waals surface area contributed by atoms with Gasteiger partial charge in [-0.2, -0.15) is 26.8 Å². The Hall–Kier alpha value is -1.01. The highest BCUT2D eigenvalue weighted by Crippen LogP contribution is 2.19. The van der Waals surface area contributed by atoms with E-state index in [1.165, 1.54) is 0 Å². The van der Waals surface area contributed by atoms with E-state index in [1.54, 1.807) is 18.0 Å². The average Bonchev–Trinajstić information content (AvgIpc) is 2.65. The Balaban J connectivity index is 2.27. The maximum Gasteiger partial charge on any atom is 0.226 e. The molecule has 0 atom stereocenters. The molecule has 2 rings (SSSR count). The van der Waals surface area contributed by atoms with Crippen molar-refractivity contribution in [1.29, 1.82) is 0 Å². The Bertz CT molecular complexity index is 457. The van der Waals surface area contributed by atoms with Gasteiger partial charge in [0, 0.05) is 12.3 Å². The van der Waals surface area contributed by atoms with E-state index in [9.17, 15) is 0 Å². The first-order valence-electron chi connectivity index (χ1n) is 4.40. The summed E-state index contributed by atoms with van der Waals surface area (Å²) in [6.07, 6.45) is 3.75. The van der Waals surface area contributed by atoms with Gasteiger partial charge >= 0.3 is 0 Å². The van der Waals surface area contributed by atoms with Gasteiger partial charge in [-0.05, 0) is 17.9 Å². The van der Waals surface area contributed by atoms with Crippen molar-refractivity contribution in [3.05, 3.63) is 11.5 Å². The third kappa shape index (κ3) is 2.32. The summed E-state index contributed by atoms with van der Waals surface area (Å²) in [5.74, 6) is 1.74. The van der Waals surface area contributed by atoms with Crippen LogP contribution in [0.1, 0.15) is 0 Å². The van der Waals surface area contributed by atoms with Crippen LogP contribution in [-0.4, -0.2) is 38.7 Å². The van der Waals surface area contributed by atoms with E-state index in [0.717, 1.165) is 23.5 Å². The van der Waals surface area contributed by atoms with Crippen molar-refractivity contribution < 1.29 is 0 Å². The van der Waals surface area contributed by atoms with E-state index in [4.69, 9.17) is 11.6 Å². The fourth-order valence-corrected chi connectivity index (χ4v) is 1.69. The summed E-state index contributed by atoms with van der Waals surface area (Å²) in [6, 6.07) is 0. The molecule has 0 bridgehead atoms. The number of hydrogen-bond donors (Lipinski definition) is 2. The molecule has 5 nitrogen and oxygen atoms in total. The lowest BCUT2D eigenvalue weighted by molar-refractivity contribution is 1.09. The third-order valence-electron chi connectivity index (χ3n) is 1.88. The molecule has 80 valence electrons. The summed E-state index contributed by atoms with van der Waals surface area (Å²) < 4.78 is 0. The lowest BCUT2D eigenvalue weighted by Crippen LogP contribution is -2.06. The van der Waals surface area contributed by atoms with Gasteiger partial charge in [0.1, 0.15) is 5.82 Å². The molecule has 0 aliphatic carbocycles. The molecule has 0 aromatic carbocycles. The average molecular weight is 244 g/mol. The molecular weight excluding hydrogens is 234 g/mol. The third-order valence-corrected chi connectivity index (χ3v) is 2.66. The van der Waals surface area contributed by atoms with E-state index in [2.05, 4.69) is 31.7 Å². The van der Waals surface area contributed by atoms with Crippen LogP contribution in [0.2, 0.25) is 5.28 Å². The number of aromatic nitrogens is 4. The molecule has 0 saturated heterocycles. The predicted molar refractivity (Wildman–Crippen MR) is 63.6 cm³/mol. The maximum atomic E-state index is 5.78. The Kier molecular flexibility index (Phi) is 3.27. The quantitative estimate of drug-likeness (QED) is 0.633. The van der Waals surface area contributed by atoms with Gasteiger partial charge < -0.3 is 5.32 Å². The van der Waals surface area contributed by atoms with Crippen molar-refractivity contribution in [1.82, 2.24) is 20.2 Å². The Morgan fingerprint density at radius 3 is 3.20 bits per heavy atom. The summed E-state index contributed by atoms with van der Waals surface area (Å²) in [6.45, 7) is 0.842. The molecular formula is C8H10ClN5S. The molecule has 7 heteroatoms. The van der Waals surface area contributed by atoms with Crippen molar-refractivity contribution >= 4 is 40.2 Å². The van der Waals surface area contributed by atoms with Gasteiger partial charge in [-0.3, -0.25) is 5.10 Å². The van der Waals surface area contributed by atoms with Crippen LogP contribution in [-0.2, 0) is 0 Å². The Morgan fingerprint density at radius 2 is 2.40 bits per heavy atom. The highest BCUT2D eigenvalue weighted by atomic mass is 35.5. The van der Waals surface area contributed by atoms with Crippen LogP contribution >= 0.6 is 23.4 Å². The molecule has 0 saturated carbocycles. The highest BCUT2D eigenvalue weighted by Gasteiger charge is 2.07. The minimum Gasteiger partial charge on any atom is -0.368 e. The number of thioether (sulfide) groups is 1. The van der Waals surface area contributed by atoms with Gasteiger partial charge in [0.25, 0.3) is 0 Å². The van der Waals surface area contributed by atoms with Gasteiger partial charge in [0.05, 0.1) is 11.6 Å². The number of halogens is 1. The standard InChI is InChI=1S/C8H10ClN5S/c1-15-3-2-10-6-5-4-11-14-7(5)13-8(9)12-6/h4H,2-3H2,1H3,(H2,10,11,12,13,14). The first kappa shape index (κ1) is 10.5. The second kappa shape index (κ2) is 4.67. The number of fused-ring (bicyclic) bond motifs is 1. The van der Waals surface area contributed by atoms with E-state index in [-0.39, 0.29) is 5.28 Å². The van der Waals surface area contributed by atoms with Gasteiger partial charge in [0.2, 0.25) is 5.28 Å². The maximum absolute atomic E-state index is 5.78. The summed E-state index contributed by atoms with van der Waals surface area (Å²) in [5.41, 5.74) is 0.654. The monoisotopic (exact) mass is 243 g/mol. The largest absolute Gasteiger partial charge is 0.368 e. The predicted octanol–water partition coefficient (Wildman–Crippen LogP) is 1.78. The lowest BCUT2D eigenvalue weighted by atomic mass is 10.4. The zero-order valence-corrected chi connectivity index (χ0v) is 9.69. The Morgan fingerprint density at radius 1 is 1.53 bits per heavy atom. The smallest absolute Gasteiger partial charge is 0.226 e. The van der Waals surface area contributed by atoms with Crippen molar-refractivity contribution in [3.63, 3.8) is 0 Å². The number of hydrogen-bond acceptors (Lipinski definition) is 5. The first-order chi connectivity index (χ1) is 7.31.